The summed E-state index contributed by atoms with van der Waals surface area (Å²) in [5.74, 6) is 1.75. The molecule has 0 saturated carbocycles. The van der Waals surface area contributed by atoms with Crippen molar-refractivity contribution in [3.8, 4) is 0 Å². The highest BCUT2D eigenvalue weighted by Gasteiger charge is 2.19. The SMILES string of the molecule is CCC(C)CCCCCCCCCCCCCCCCCCCCC(=O)O[C@H](COC(=O)CCCCCCCCCCCCCCCCCC(C)C)COC(=O)CCCCCCCCCCCCCC(C)C. The molecule has 0 aromatic rings. The van der Waals surface area contributed by atoms with Crippen LogP contribution in [-0.4, -0.2) is 37.2 Å². The molecule has 0 bridgehead atoms. The van der Waals surface area contributed by atoms with Gasteiger partial charge in [0.05, 0.1) is 0 Å². The fraction of sp³-hybridized carbons (Fsp3) is 0.955. The van der Waals surface area contributed by atoms with Crippen molar-refractivity contribution in [2.75, 3.05) is 13.2 Å². The van der Waals surface area contributed by atoms with Crippen LogP contribution in [0.25, 0.3) is 0 Å². The summed E-state index contributed by atoms with van der Waals surface area (Å²) in [6, 6.07) is 0. The second-order valence-electron chi connectivity index (χ2n) is 24.0. The molecule has 0 fully saturated rings. The van der Waals surface area contributed by atoms with Crippen molar-refractivity contribution >= 4 is 17.9 Å². The Morgan fingerprint density at radius 3 is 0.722 bits per heavy atom. The molecule has 0 aliphatic rings. The first-order chi connectivity index (χ1) is 35.1. The summed E-state index contributed by atoms with van der Waals surface area (Å²) >= 11 is 0. The molecule has 0 heterocycles. The summed E-state index contributed by atoms with van der Waals surface area (Å²) in [6.07, 6.45) is 62.4. The van der Waals surface area contributed by atoms with Gasteiger partial charge in [-0.05, 0) is 37.0 Å². The number of unbranched alkanes of at least 4 members (excludes halogenated alkanes) is 41. The van der Waals surface area contributed by atoms with Crippen molar-refractivity contribution in [3.63, 3.8) is 0 Å². The van der Waals surface area contributed by atoms with Gasteiger partial charge in [0.1, 0.15) is 13.2 Å². The van der Waals surface area contributed by atoms with Crippen molar-refractivity contribution in [1.82, 2.24) is 0 Å². The van der Waals surface area contributed by atoms with Crippen LogP contribution in [0.4, 0.5) is 0 Å². The van der Waals surface area contributed by atoms with E-state index in [1.54, 1.807) is 0 Å². The molecule has 0 rings (SSSR count). The van der Waals surface area contributed by atoms with Crippen LogP contribution >= 0.6 is 0 Å². The molecule has 72 heavy (non-hydrogen) atoms. The molecule has 6 heteroatoms. The lowest BCUT2D eigenvalue weighted by atomic mass is 9.99. The lowest BCUT2D eigenvalue weighted by molar-refractivity contribution is -0.167. The molecule has 0 aromatic heterocycles. The van der Waals surface area contributed by atoms with Crippen LogP contribution in [0.3, 0.4) is 0 Å². The van der Waals surface area contributed by atoms with Crippen molar-refractivity contribution in [1.29, 1.82) is 0 Å². The molecule has 0 N–H and O–H groups in total. The molecule has 0 saturated heterocycles. The van der Waals surface area contributed by atoms with E-state index >= 15 is 0 Å². The number of carbonyl (C=O) groups is 3. The Hall–Kier alpha value is -1.59. The minimum absolute atomic E-state index is 0.0626. The fourth-order valence-electron chi connectivity index (χ4n) is 10.2. The van der Waals surface area contributed by atoms with Crippen LogP contribution in [0.1, 0.15) is 369 Å². The van der Waals surface area contributed by atoms with Gasteiger partial charge in [-0.25, -0.2) is 0 Å². The van der Waals surface area contributed by atoms with Crippen LogP contribution in [0, 0.1) is 17.8 Å². The van der Waals surface area contributed by atoms with E-state index in [1.165, 1.54) is 250 Å². The molecule has 0 amide bonds. The van der Waals surface area contributed by atoms with E-state index in [4.69, 9.17) is 14.2 Å². The molecule has 1 unspecified atom stereocenters. The Balaban J connectivity index is 4.26. The van der Waals surface area contributed by atoms with Gasteiger partial charge in [-0.15, -0.1) is 0 Å². The Bertz CT molecular complexity index is 1120. The number of esters is 3. The smallest absolute Gasteiger partial charge is 0.306 e. The largest absolute Gasteiger partial charge is 0.462 e. The molecule has 0 radical (unpaired) electrons. The third-order valence-corrected chi connectivity index (χ3v) is 15.5. The Labute approximate surface area is 450 Å². The Morgan fingerprint density at radius 2 is 0.486 bits per heavy atom. The Kier molecular flexibility index (Phi) is 55.9. The van der Waals surface area contributed by atoms with Gasteiger partial charge in [0, 0.05) is 19.3 Å². The molecule has 0 aliphatic heterocycles. The molecule has 2 atom stereocenters. The lowest BCUT2D eigenvalue weighted by Crippen LogP contribution is -2.30. The van der Waals surface area contributed by atoms with Gasteiger partial charge in [-0.3, -0.25) is 14.4 Å². The fourth-order valence-corrected chi connectivity index (χ4v) is 10.2. The van der Waals surface area contributed by atoms with Crippen molar-refractivity contribution in [3.05, 3.63) is 0 Å². The first kappa shape index (κ1) is 70.4. The molecule has 0 spiro atoms. The standard InChI is InChI=1S/C66H128O6/c1-7-62(6)54-48-42-36-30-24-18-14-10-8-9-11-15-20-26-33-39-45-51-57-66(69)72-63(59-71-65(68)56-50-44-38-32-27-21-23-29-35-41-47-53-61(4)5)58-70-64(67)55-49-43-37-31-25-19-16-12-13-17-22-28-34-40-46-52-60(2)3/h60-63H,7-59H2,1-6H3/t62?,63-/m1/s1. The number of ether oxygens (including phenoxy) is 3. The highest BCUT2D eigenvalue weighted by Crippen LogP contribution is 2.20. The quantitative estimate of drug-likeness (QED) is 0.0343. The normalized spacial score (nSPS) is 12.5. The third-order valence-electron chi connectivity index (χ3n) is 15.5. The molecule has 0 aliphatic carbocycles. The van der Waals surface area contributed by atoms with E-state index in [1.807, 2.05) is 0 Å². The number of carbonyl (C=O) groups excluding carboxylic acids is 3. The van der Waals surface area contributed by atoms with Gasteiger partial charge in [-0.2, -0.15) is 0 Å². The summed E-state index contributed by atoms with van der Waals surface area (Å²) in [7, 11) is 0. The van der Waals surface area contributed by atoms with E-state index in [0.717, 1.165) is 75.5 Å². The first-order valence-electron chi connectivity index (χ1n) is 32.6. The number of hydrogen-bond donors (Lipinski definition) is 0. The predicted octanol–water partition coefficient (Wildman–Crippen LogP) is 21.8. The van der Waals surface area contributed by atoms with E-state index in [9.17, 15) is 14.4 Å². The maximum atomic E-state index is 12.9. The second kappa shape index (κ2) is 57.1. The predicted molar refractivity (Wildman–Crippen MR) is 312 cm³/mol. The van der Waals surface area contributed by atoms with Gasteiger partial charge in [0.25, 0.3) is 0 Å². The zero-order valence-corrected chi connectivity index (χ0v) is 49.7. The van der Waals surface area contributed by atoms with E-state index in [0.29, 0.717) is 19.3 Å². The average molecular weight is 1020 g/mol. The minimum Gasteiger partial charge on any atom is -0.462 e. The zero-order chi connectivity index (χ0) is 52.6. The molecule has 428 valence electrons. The van der Waals surface area contributed by atoms with Crippen LogP contribution in [0.2, 0.25) is 0 Å². The van der Waals surface area contributed by atoms with Crippen LogP contribution < -0.4 is 0 Å². The van der Waals surface area contributed by atoms with Gasteiger partial charge in [0.15, 0.2) is 6.10 Å². The van der Waals surface area contributed by atoms with E-state index < -0.39 is 6.10 Å². The van der Waals surface area contributed by atoms with Crippen LogP contribution in [0.5, 0.6) is 0 Å². The monoisotopic (exact) mass is 1020 g/mol. The maximum absolute atomic E-state index is 12.9. The highest BCUT2D eigenvalue weighted by molar-refractivity contribution is 5.71. The summed E-state index contributed by atoms with van der Waals surface area (Å²) in [4.78, 5) is 38.3. The van der Waals surface area contributed by atoms with Gasteiger partial charge < -0.3 is 14.2 Å². The van der Waals surface area contributed by atoms with Crippen molar-refractivity contribution in [2.24, 2.45) is 17.8 Å². The molecular formula is C66H128O6. The Morgan fingerprint density at radius 1 is 0.278 bits per heavy atom. The van der Waals surface area contributed by atoms with Crippen molar-refractivity contribution in [2.45, 2.75) is 375 Å². The minimum atomic E-state index is -0.765. The maximum Gasteiger partial charge on any atom is 0.306 e. The molecular weight excluding hydrogens is 889 g/mol. The third kappa shape index (κ3) is 57.7. The second-order valence-corrected chi connectivity index (χ2v) is 24.0. The number of hydrogen-bond acceptors (Lipinski definition) is 6. The summed E-state index contributed by atoms with van der Waals surface area (Å²) < 4.78 is 17.0. The summed E-state index contributed by atoms with van der Waals surface area (Å²) in [5, 5.41) is 0. The topological polar surface area (TPSA) is 78.9 Å². The zero-order valence-electron chi connectivity index (χ0n) is 49.7. The molecule has 0 aromatic carbocycles. The highest BCUT2D eigenvalue weighted by atomic mass is 16.6. The molecule has 6 nitrogen and oxygen atoms in total. The van der Waals surface area contributed by atoms with Crippen molar-refractivity contribution < 1.29 is 28.6 Å². The summed E-state index contributed by atoms with van der Waals surface area (Å²) in [5.41, 5.74) is 0. The van der Waals surface area contributed by atoms with Gasteiger partial charge >= 0.3 is 17.9 Å². The van der Waals surface area contributed by atoms with E-state index in [2.05, 4.69) is 41.5 Å². The average Bonchev–Trinajstić information content (AvgIpc) is 3.36. The van der Waals surface area contributed by atoms with Gasteiger partial charge in [-0.1, -0.05) is 330 Å². The first-order valence-corrected chi connectivity index (χ1v) is 32.6. The summed E-state index contributed by atoms with van der Waals surface area (Å²) in [6.45, 7) is 13.8. The lowest BCUT2D eigenvalue weighted by Gasteiger charge is -2.18. The van der Waals surface area contributed by atoms with Gasteiger partial charge in [0.2, 0.25) is 0 Å². The van der Waals surface area contributed by atoms with E-state index in [-0.39, 0.29) is 31.1 Å². The van der Waals surface area contributed by atoms with Crippen LogP contribution in [0.15, 0.2) is 0 Å². The number of rotatable bonds is 59. The van der Waals surface area contributed by atoms with Crippen LogP contribution in [-0.2, 0) is 28.6 Å².